The molecule has 0 aliphatic heterocycles. The quantitative estimate of drug-likeness (QED) is 0.553. The lowest BCUT2D eigenvalue weighted by molar-refractivity contribution is -0.384. The number of carbonyl (C=O) groups excluding carboxylic acids is 1. The summed E-state index contributed by atoms with van der Waals surface area (Å²) in [6.45, 7) is 1.88. The molecule has 0 spiro atoms. The monoisotopic (exact) mass is 361 g/mol. The van der Waals surface area contributed by atoms with Crippen LogP contribution in [-0.2, 0) is 11.2 Å². The molecule has 0 atom stereocenters. The summed E-state index contributed by atoms with van der Waals surface area (Å²) in [5.41, 5.74) is 2.34. The number of aryl methyl sites for hydroxylation is 1. The minimum absolute atomic E-state index is 0.00214. The first-order chi connectivity index (χ1) is 11.4. The van der Waals surface area contributed by atoms with E-state index in [1.165, 1.54) is 23.5 Å². The lowest BCUT2D eigenvalue weighted by atomic mass is 10.1. The van der Waals surface area contributed by atoms with Crippen LogP contribution in [0.15, 0.2) is 36.4 Å². The van der Waals surface area contributed by atoms with Crippen LogP contribution in [0.25, 0.3) is 10.2 Å². The fraction of sp³-hybridized carbons (Fsp3) is 0.125. The number of anilines is 1. The second kappa shape index (κ2) is 6.54. The van der Waals surface area contributed by atoms with Crippen LogP contribution in [0, 0.1) is 17.0 Å². The highest BCUT2D eigenvalue weighted by atomic mass is 35.5. The Morgan fingerprint density at radius 3 is 2.67 bits per heavy atom. The van der Waals surface area contributed by atoms with Crippen molar-refractivity contribution in [1.29, 1.82) is 0 Å². The second-order valence-electron chi connectivity index (χ2n) is 5.19. The Morgan fingerprint density at radius 2 is 2.00 bits per heavy atom. The molecule has 0 fully saturated rings. The van der Waals surface area contributed by atoms with Gasteiger partial charge in [-0.2, -0.15) is 0 Å². The number of fused-ring (bicyclic) bond motifs is 1. The number of amides is 1. The summed E-state index contributed by atoms with van der Waals surface area (Å²) < 4.78 is 0.947. The highest BCUT2D eigenvalue weighted by molar-refractivity contribution is 7.22. The van der Waals surface area contributed by atoms with Gasteiger partial charge >= 0.3 is 0 Å². The maximum Gasteiger partial charge on any atom is 0.269 e. The van der Waals surface area contributed by atoms with Gasteiger partial charge in [-0.1, -0.05) is 35.1 Å². The highest BCUT2D eigenvalue weighted by Crippen LogP contribution is 2.31. The third-order valence-corrected chi connectivity index (χ3v) is 4.85. The molecule has 3 rings (SSSR count). The van der Waals surface area contributed by atoms with Crippen LogP contribution in [0.5, 0.6) is 0 Å². The Kier molecular flexibility index (Phi) is 4.46. The molecule has 0 bridgehead atoms. The van der Waals surface area contributed by atoms with E-state index in [1.54, 1.807) is 18.2 Å². The van der Waals surface area contributed by atoms with E-state index in [9.17, 15) is 14.9 Å². The number of benzene rings is 2. The number of nitro groups is 1. The number of thiazole rings is 1. The highest BCUT2D eigenvalue weighted by Gasteiger charge is 2.12. The van der Waals surface area contributed by atoms with E-state index in [0.717, 1.165) is 15.8 Å². The van der Waals surface area contributed by atoms with Crippen LogP contribution in [0.1, 0.15) is 11.1 Å². The number of aromatic nitrogens is 1. The molecule has 2 aromatic carbocycles. The maximum atomic E-state index is 12.1. The first kappa shape index (κ1) is 16.4. The average Bonchev–Trinajstić information content (AvgIpc) is 2.94. The van der Waals surface area contributed by atoms with Gasteiger partial charge in [-0.05, 0) is 30.2 Å². The topological polar surface area (TPSA) is 85.1 Å². The Bertz CT molecular complexity index is 938. The zero-order valence-corrected chi connectivity index (χ0v) is 14.1. The van der Waals surface area contributed by atoms with Gasteiger partial charge in [0.15, 0.2) is 5.13 Å². The number of hydrogen-bond acceptors (Lipinski definition) is 5. The van der Waals surface area contributed by atoms with Crippen LogP contribution in [0.2, 0.25) is 5.02 Å². The fourth-order valence-electron chi connectivity index (χ4n) is 2.24. The molecule has 24 heavy (non-hydrogen) atoms. The van der Waals surface area contributed by atoms with Crippen LogP contribution in [0.4, 0.5) is 10.8 Å². The van der Waals surface area contributed by atoms with Gasteiger partial charge in [-0.3, -0.25) is 14.9 Å². The maximum absolute atomic E-state index is 12.1. The molecule has 8 heteroatoms. The molecular weight excluding hydrogens is 350 g/mol. The van der Waals surface area contributed by atoms with Crippen molar-refractivity contribution in [2.75, 3.05) is 5.32 Å². The van der Waals surface area contributed by atoms with E-state index in [2.05, 4.69) is 10.3 Å². The Morgan fingerprint density at radius 1 is 1.29 bits per heavy atom. The zero-order chi connectivity index (χ0) is 17.3. The summed E-state index contributed by atoms with van der Waals surface area (Å²) in [6, 6.07) is 9.57. The zero-order valence-electron chi connectivity index (χ0n) is 12.6. The molecule has 1 aromatic heterocycles. The first-order valence-corrected chi connectivity index (χ1v) is 8.22. The number of carbonyl (C=O) groups is 1. The van der Waals surface area contributed by atoms with Crippen LogP contribution in [0.3, 0.4) is 0 Å². The Balaban J connectivity index is 1.73. The lowest BCUT2D eigenvalue weighted by Crippen LogP contribution is -2.14. The molecule has 0 saturated heterocycles. The molecule has 1 heterocycles. The van der Waals surface area contributed by atoms with Crippen molar-refractivity contribution in [3.05, 3.63) is 62.7 Å². The van der Waals surface area contributed by atoms with Crippen molar-refractivity contribution in [2.24, 2.45) is 0 Å². The van der Waals surface area contributed by atoms with Crippen molar-refractivity contribution in [3.8, 4) is 0 Å². The third-order valence-electron chi connectivity index (χ3n) is 3.51. The third kappa shape index (κ3) is 3.37. The number of non-ortho nitro benzene ring substituents is 1. The van der Waals surface area contributed by atoms with Gasteiger partial charge in [-0.25, -0.2) is 4.98 Å². The number of nitrogens with one attached hydrogen (secondary N) is 1. The van der Waals surface area contributed by atoms with E-state index in [4.69, 9.17) is 11.6 Å². The molecule has 1 amide bonds. The first-order valence-electron chi connectivity index (χ1n) is 7.03. The average molecular weight is 362 g/mol. The van der Waals surface area contributed by atoms with E-state index in [1.807, 2.05) is 13.0 Å². The van der Waals surface area contributed by atoms with Gasteiger partial charge in [0.1, 0.15) is 0 Å². The SMILES string of the molecule is Cc1c(Cl)ccc2sc(NC(=O)Cc3ccc([N+](=O)[O-])cc3)nc12. The largest absolute Gasteiger partial charge is 0.302 e. The van der Waals surface area contributed by atoms with Crippen molar-refractivity contribution in [2.45, 2.75) is 13.3 Å². The van der Waals surface area contributed by atoms with Crippen molar-refractivity contribution in [3.63, 3.8) is 0 Å². The summed E-state index contributed by atoms with van der Waals surface area (Å²) in [6.07, 6.45) is 0.119. The van der Waals surface area contributed by atoms with Crippen molar-refractivity contribution < 1.29 is 9.72 Å². The molecule has 3 aromatic rings. The van der Waals surface area contributed by atoms with Crippen LogP contribution < -0.4 is 5.32 Å². The van der Waals surface area contributed by atoms with Gasteiger partial charge in [-0.15, -0.1) is 0 Å². The summed E-state index contributed by atoms with van der Waals surface area (Å²) in [7, 11) is 0. The van der Waals surface area contributed by atoms with E-state index >= 15 is 0 Å². The van der Waals surface area contributed by atoms with E-state index in [-0.39, 0.29) is 18.0 Å². The molecule has 0 aliphatic carbocycles. The van der Waals surface area contributed by atoms with Crippen molar-refractivity contribution >= 4 is 49.9 Å². The smallest absolute Gasteiger partial charge is 0.269 e. The number of rotatable bonds is 4. The summed E-state index contributed by atoms with van der Waals surface area (Å²) in [4.78, 5) is 26.7. The van der Waals surface area contributed by atoms with Gasteiger partial charge in [0.05, 0.1) is 21.6 Å². The van der Waals surface area contributed by atoms with Gasteiger partial charge in [0.2, 0.25) is 5.91 Å². The lowest BCUT2D eigenvalue weighted by Gasteiger charge is -2.01. The fourth-order valence-corrected chi connectivity index (χ4v) is 3.33. The van der Waals surface area contributed by atoms with Gasteiger partial charge < -0.3 is 5.32 Å². The Labute approximate surface area is 146 Å². The predicted octanol–water partition coefficient (Wildman–Crippen LogP) is 4.35. The standard InChI is InChI=1S/C16H12ClN3O3S/c1-9-12(17)6-7-13-15(9)19-16(24-13)18-14(21)8-10-2-4-11(5-3-10)20(22)23/h2-7H,8H2,1H3,(H,18,19,21). The molecule has 122 valence electrons. The molecule has 0 radical (unpaired) electrons. The molecule has 0 saturated carbocycles. The summed E-state index contributed by atoms with van der Waals surface area (Å²) in [5.74, 6) is -0.230. The van der Waals surface area contributed by atoms with Gasteiger partial charge in [0, 0.05) is 17.2 Å². The predicted molar refractivity (Wildman–Crippen MR) is 94.8 cm³/mol. The normalized spacial score (nSPS) is 10.8. The van der Waals surface area contributed by atoms with Gasteiger partial charge in [0.25, 0.3) is 5.69 Å². The molecule has 0 aliphatic rings. The minimum atomic E-state index is -0.474. The molecule has 1 N–H and O–H groups in total. The number of halogens is 1. The van der Waals surface area contributed by atoms with Crippen molar-refractivity contribution in [1.82, 2.24) is 4.98 Å². The number of nitro benzene ring substituents is 1. The summed E-state index contributed by atoms with van der Waals surface area (Å²) >= 11 is 7.45. The Hall–Kier alpha value is -2.51. The molecule has 6 nitrogen and oxygen atoms in total. The number of hydrogen-bond donors (Lipinski definition) is 1. The molecule has 0 unspecified atom stereocenters. The molecular formula is C16H12ClN3O3S. The van der Waals surface area contributed by atoms with E-state index in [0.29, 0.717) is 15.7 Å². The van der Waals surface area contributed by atoms with Crippen LogP contribution in [-0.4, -0.2) is 15.8 Å². The van der Waals surface area contributed by atoms with Crippen LogP contribution >= 0.6 is 22.9 Å². The minimum Gasteiger partial charge on any atom is -0.302 e. The second-order valence-corrected chi connectivity index (χ2v) is 6.62. The van der Waals surface area contributed by atoms with E-state index < -0.39 is 4.92 Å². The number of nitrogens with zero attached hydrogens (tertiary/aromatic N) is 2. The summed E-state index contributed by atoms with van der Waals surface area (Å²) in [5, 5.41) is 14.5.